The van der Waals surface area contributed by atoms with Crippen molar-refractivity contribution < 1.29 is 9.53 Å². The van der Waals surface area contributed by atoms with E-state index in [0.717, 1.165) is 60.8 Å². The number of urea groups is 1. The Morgan fingerprint density at radius 2 is 1.82 bits per heavy atom. The Bertz CT molecular complexity index is 1830. The topological polar surface area (TPSA) is 143 Å². The lowest BCUT2D eigenvalue weighted by Gasteiger charge is -2.39. The van der Waals surface area contributed by atoms with E-state index in [0.29, 0.717) is 35.7 Å². The fraction of sp³-hybridized carbons (Fsp3) is 0.486. The first-order chi connectivity index (χ1) is 24.0. The van der Waals surface area contributed by atoms with Crippen LogP contribution in [0.3, 0.4) is 0 Å². The van der Waals surface area contributed by atoms with Gasteiger partial charge in [0, 0.05) is 24.3 Å². The summed E-state index contributed by atoms with van der Waals surface area (Å²) < 4.78 is 10.5. The monoisotopic (exact) mass is 681 g/mol. The second kappa shape index (κ2) is 15.3. The molecular formula is C37H51N11O2. The zero-order valence-electron chi connectivity index (χ0n) is 30.1. The van der Waals surface area contributed by atoms with Gasteiger partial charge in [-0.15, -0.1) is 10.2 Å². The van der Waals surface area contributed by atoms with Crippen molar-refractivity contribution in [3.8, 4) is 5.75 Å². The van der Waals surface area contributed by atoms with Crippen molar-refractivity contribution in [2.45, 2.75) is 90.6 Å². The third kappa shape index (κ3) is 8.10. The SMILES string of the molecule is CC(C)C(N)=CC(=Nc1cnn(CCN(C)C)c1)NC(=O)NC1CC[C@@H](Oc2ccc3nnc(N4C(C)CCCC4C)n3c2)c2ccccc21. The minimum atomic E-state index is -0.359. The highest BCUT2D eigenvalue weighted by molar-refractivity contribution is 6.05. The Kier molecular flexibility index (Phi) is 10.7. The van der Waals surface area contributed by atoms with E-state index in [9.17, 15) is 4.79 Å². The summed E-state index contributed by atoms with van der Waals surface area (Å²) in [5.41, 5.74) is 10.4. The number of hydrogen-bond donors (Lipinski definition) is 3. The maximum atomic E-state index is 13.5. The van der Waals surface area contributed by atoms with E-state index in [-0.39, 0.29) is 24.1 Å². The first-order valence-corrected chi connectivity index (χ1v) is 17.7. The summed E-state index contributed by atoms with van der Waals surface area (Å²) in [7, 11) is 4.04. The molecule has 6 rings (SSSR count). The summed E-state index contributed by atoms with van der Waals surface area (Å²) in [6, 6.07) is 12.3. The zero-order chi connectivity index (χ0) is 35.4. The van der Waals surface area contributed by atoms with Crippen LogP contribution in [0.4, 0.5) is 16.4 Å². The maximum absolute atomic E-state index is 13.5. The number of nitrogens with two attached hydrogens (primary N) is 1. The number of piperidine rings is 1. The number of nitrogens with one attached hydrogen (secondary N) is 2. The van der Waals surface area contributed by atoms with E-state index in [2.05, 4.69) is 66.7 Å². The van der Waals surface area contributed by atoms with Gasteiger partial charge in [0.25, 0.3) is 0 Å². The van der Waals surface area contributed by atoms with Gasteiger partial charge < -0.3 is 25.6 Å². The molecule has 4 N–H and O–H groups in total. The Hall–Kier alpha value is -4.91. The molecule has 50 heavy (non-hydrogen) atoms. The molecule has 1 aliphatic heterocycles. The summed E-state index contributed by atoms with van der Waals surface area (Å²) in [5, 5.41) is 19.6. The number of benzene rings is 1. The van der Waals surface area contributed by atoms with E-state index in [1.54, 1.807) is 12.3 Å². The molecule has 0 bridgehead atoms. The van der Waals surface area contributed by atoms with Crippen molar-refractivity contribution in [3.63, 3.8) is 0 Å². The fourth-order valence-electron chi connectivity index (χ4n) is 6.81. The van der Waals surface area contributed by atoms with Crippen LogP contribution in [0.1, 0.15) is 83.1 Å². The molecule has 1 fully saturated rings. The molecule has 266 valence electrons. The number of aliphatic imine (C=N–C) groups is 1. The average Bonchev–Trinajstić information content (AvgIpc) is 3.71. The van der Waals surface area contributed by atoms with Crippen molar-refractivity contribution in [1.29, 1.82) is 0 Å². The quantitative estimate of drug-likeness (QED) is 0.142. The normalized spacial score (nSPS) is 21.5. The van der Waals surface area contributed by atoms with Crippen LogP contribution < -0.4 is 26.0 Å². The lowest BCUT2D eigenvalue weighted by molar-refractivity contribution is 0.171. The fourth-order valence-corrected chi connectivity index (χ4v) is 6.81. The molecule has 2 amide bonds. The Morgan fingerprint density at radius 1 is 1.06 bits per heavy atom. The second-order valence-corrected chi connectivity index (χ2v) is 14.2. The third-order valence-electron chi connectivity index (χ3n) is 9.66. The van der Waals surface area contributed by atoms with Gasteiger partial charge in [-0.05, 0) is 95.3 Å². The molecule has 4 heterocycles. The number of nitrogens with zero attached hydrogens (tertiary/aromatic N) is 8. The van der Waals surface area contributed by atoms with E-state index in [1.165, 1.54) is 6.42 Å². The number of carbonyl (C=O) groups is 1. The smallest absolute Gasteiger partial charge is 0.320 e. The first-order valence-electron chi connectivity index (χ1n) is 17.7. The number of amides is 2. The largest absolute Gasteiger partial charge is 0.484 e. The number of aromatic nitrogens is 5. The van der Waals surface area contributed by atoms with Crippen molar-refractivity contribution in [1.82, 2.24) is 39.9 Å². The minimum Gasteiger partial charge on any atom is -0.484 e. The van der Waals surface area contributed by atoms with Gasteiger partial charge in [0.05, 0.1) is 31.2 Å². The summed E-state index contributed by atoms with van der Waals surface area (Å²) >= 11 is 0. The highest BCUT2D eigenvalue weighted by Crippen LogP contribution is 2.39. The van der Waals surface area contributed by atoms with Gasteiger partial charge in [0.1, 0.15) is 23.4 Å². The van der Waals surface area contributed by atoms with Gasteiger partial charge >= 0.3 is 6.03 Å². The minimum absolute atomic E-state index is 0.0873. The molecule has 0 saturated carbocycles. The van der Waals surface area contributed by atoms with E-state index >= 15 is 0 Å². The number of ether oxygens (including phenoxy) is 1. The van der Waals surface area contributed by atoms with Crippen LogP contribution in [-0.2, 0) is 6.54 Å². The standard InChI is InChI=1S/C37H51N11O2/c1-24(2)31(38)20-34(40-27-21-39-46(22-27)19-18-45(5)6)42-36(49)41-32-15-16-33(30-13-8-7-12-29(30)32)50-28-14-17-35-43-44-37(47(35)23-28)48-25(3)10-9-11-26(48)4/h7-8,12-14,17,20-26,32-33H,9-11,15-16,18-19,38H2,1-6H3,(H2,40,41,42,49)/t25?,26?,32?,33-/m1/s1. The molecule has 1 aliphatic carbocycles. The summed E-state index contributed by atoms with van der Waals surface area (Å²) in [6.07, 6.45) is 12.0. The molecule has 13 nitrogen and oxygen atoms in total. The van der Waals surface area contributed by atoms with Crippen LogP contribution in [0.5, 0.6) is 5.75 Å². The second-order valence-electron chi connectivity index (χ2n) is 14.2. The van der Waals surface area contributed by atoms with Gasteiger partial charge in [-0.25, -0.2) is 9.79 Å². The van der Waals surface area contributed by atoms with Crippen LogP contribution in [0, 0.1) is 5.92 Å². The molecule has 3 unspecified atom stereocenters. The molecule has 0 radical (unpaired) electrons. The summed E-state index contributed by atoms with van der Waals surface area (Å²) in [5.74, 6) is 2.04. The lowest BCUT2D eigenvalue weighted by Crippen LogP contribution is -2.44. The van der Waals surface area contributed by atoms with E-state index in [1.807, 2.05) is 73.7 Å². The molecule has 1 saturated heterocycles. The molecule has 4 aromatic rings. The van der Waals surface area contributed by atoms with Crippen molar-refractivity contribution >= 4 is 29.1 Å². The van der Waals surface area contributed by atoms with Crippen LogP contribution in [0.15, 0.2) is 71.8 Å². The number of fused-ring (bicyclic) bond motifs is 2. The molecule has 2 aliphatic rings. The molecule has 3 aromatic heterocycles. The number of pyridine rings is 1. The van der Waals surface area contributed by atoms with Crippen molar-refractivity contribution in [2.24, 2.45) is 16.6 Å². The predicted octanol–water partition coefficient (Wildman–Crippen LogP) is 5.74. The molecule has 4 atom stereocenters. The van der Waals surface area contributed by atoms with E-state index in [4.69, 9.17) is 10.5 Å². The van der Waals surface area contributed by atoms with Crippen LogP contribution in [0.2, 0.25) is 0 Å². The Balaban J connectivity index is 1.17. The molecular weight excluding hydrogens is 630 g/mol. The number of allylic oxidation sites excluding steroid dienone is 1. The molecule has 1 aromatic carbocycles. The number of rotatable bonds is 10. The summed E-state index contributed by atoms with van der Waals surface area (Å²) in [4.78, 5) is 22.6. The third-order valence-corrected chi connectivity index (χ3v) is 9.66. The summed E-state index contributed by atoms with van der Waals surface area (Å²) in [6.45, 7) is 10.1. The number of anilines is 1. The maximum Gasteiger partial charge on any atom is 0.320 e. The van der Waals surface area contributed by atoms with Crippen LogP contribution in [-0.4, -0.2) is 73.9 Å². The van der Waals surface area contributed by atoms with E-state index < -0.39 is 0 Å². The van der Waals surface area contributed by atoms with Gasteiger partial charge in [0.15, 0.2) is 5.65 Å². The van der Waals surface area contributed by atoms with Crippen molar-refractivity contribution in [2.75, 3.05) is 25.5 Å². The molecule has 13 heteroatoms. The number of amidine groups is 1. The van der Waals surface area contributed by atoms with Crippen LogP contribution in [0.25, 0.3) is 5.65 Å². The number of likely N-dealkylation sites (N-methyl/N-ethyl adjacent to an activating group) is 1. The average molecular weight is 682 g/mol. The van der Waals surface area contributed by atoms with Gasteiger partial charge in [-0.3, -0.25) is 14.4 Å². The Labute approximate surface area is 294 Å². The molecule has 0 spiro atoms. The highest BCUT2D eigenvalue weighted by Gasteiger charge is 2.31. The van der Waals surface area contributed by atoms with Crippen molar-refractivity contribution in [3.05, 3.63) is 77.9 Å². The predicted molar refractivity (Wildman–Crippen MR) is 197 cm³/mol. The number of hydrogen-bond acceptors (Lipinski definition) is 9. The van der Waals surface area contributed by atoms with Gasteiger partial charge in [-0.1, -0.05) is 38.1 Å². The lowest BCUT2D eigenvalue weighted by atomic mass is 9.85. The van der Waals surface area contributed by atoms with Crippen LogP contribution >= 0.6 is 0 Å². The van der Waals surface area contributed by atoms with Gasteiger partial charge in [0.2, 0.25) is 5.95 Å². The number of carbonyl (C=O) groups excluding carboxylic acids is 1. The first kappa shape index (κ1) is 34.9. The zero-order valence-corrected chi connectivity index (χ0v) is 30.1. The Morgan fingerprint density at radius 3 is 2.56 bits per heavy atom. The van der Waals surface area contributed by atoms with Gasteiger partial charge in [-0.2, -0.15) is 5.10 Å². The highest BCUT2D eigenvalue weighted by atomic mass is 16.5.